The summed E-state index contributed by atoms with van der Waals surface area (Å²) >= 11 is 0. The van der Waals surface area contributed by atoms with Crippen LogP contribution < -0.4 is 22.5 Å². The second kappa shape index (κ2) is 19.0. The number of rotatable bonds is 18. The molecule has 14 atom stereocenters. The molecule has 0 saturated carbocycles. The lowest BCUT2D eigenvalue weighted by atomic mass is 10.1. The van der Waals surface area contributed by atoms with Gasteiger partial charge in [-0.3, -0.25) is 37.7 Å². The average Bonchev–Trinajstić information content (AvgIpc) is 3.97. The van der Waals surface area contributed by atoms with Gasteiger partial charge in [-0.05, 0) is 11.1 Å². The molecule has 4 saturated heterocycles. The van der Waals surface area contributed by atoms with E-state index in [1.54, 1.807) is 60.7 Å². The first-order valence-electron chi connectivity index (χ1n) is 19.1. The van der Waals surface area contributed by atoms with E-state index in [1.807, 2.05) is 0 Å². The third-order valence-electron chi connectivity index (χ3n) is 9.97. The number of aromatic nitrogens is 4. The molecule has 6 heterocycles. The summed E-state index contributed by atoms with van der Waals surface area (Å²) in [5, 5.41) is 0. The first-order valence-corrected chi connectivity index (χ1v) is 25.1. The molecular weight excluding hydrogens is 956 g/mol. The number of ether oxygens (including phenoxy) is 6. The minimum absolute atomic E-state index is 0.214. The second-order valence-electron chi connectivity index (χ2n) is 14.5. The zero-order chi connectivity index (χ0) is 46.3. The Morgan fingerprint density at radius 1 is 0.492 bits per heavy atom. The summed E-state index contributed by atoms with van der Waals surface area (Å²) in [5.41, 5.74) is -1.65. The minimum atomic E-state index is -6.22. The highest BCUT2D eigenvalue weighted by molar-refractivity contribution is 7.69. The number of nitrogens with one attached hydrogen (secondary N) is 2. The summed E-state index contributed by atoms with van der Waals surface area (Å²) < 4.78 is 111. The Labute approximate surface area is 363 Å². The first kappa shape index (κ1) is 47.6. The molecule has 0 aliphatic carbocycles. The van der Waals surface area contributed by atoms with Crippen LogP contribution >= 0.6 is 31.3 Å². The van der Waals surface area contributed by atoms with Crippen LogP contribution in [0.1, 0.15) is 23.6 Å². The van der Waals surface area contributed by atoms with E-state index in [4.69, 9.17) is 37.5 Å². The molecule has 352 valence electrons. The van der Waals surface area contributed by atoms with E-state index >= 15 is 0 Å². The van der Waals surface area contributed by atoms with E-state index in [9.17, 15) is 57.0 Å². The zero-order valence-corrected chi connectivity index (χ0v) is 36.5. The Balaban J connectivity index is 0.881. The Morgan fingerprint density at radius 2 is 0.846 bits per heavy atom. The van der Waals surface area contributed by atoms with Crippen molar-refractivity contribution in [3.63, 3.8) is 0 Å². The molecule has 4 fully saturated rings. The molecule has 2 aromatic carbocycles. The molecule has 0 bridgehead atoms. The van der Waals surface area contributed by atoms with Gasteiger partial charge in [-0.2, -0.15) is 12.9 Å². The van der Waals surface area contributed by atoms with Gasteiger partial charge in [-0.1, -0.05) is 60.7 Å². The molecule has 0 amide bonds. The van der Waals surface area contributed by atoms with Crippen LogP contribution in [0.15, 0.2) is 104 Å². The SMILES string of the molecule is O=c1ccn([C@@H]2O[C@H](COP(=O)(O)OP(=O)(O)OP(=O)(O)OP(=O)(O)OC[C@@H]3O[C@H](n4ccc(=O)[nH]c4=O)[C@H]4OC(Cc5ccccc5)O[C@H]43)[C@H]3OC(Cc4ccccc4)O[C@H]32)c(=O)[nH]1. The maximum Gasteiger partial charge on any atom is 0.490 e. The maximum atomic E-state index is 12.9. The van der Waals surface area contributed by atoms with Crippen molar-refractivity contribution in [1.29, 1.82) is 0 Å². The van der Waals surface area contributed by atoms with Gasteiger partial charge >= 0.3 is 42.7 Å². The van der Waals surface area contributed by atoms with E-state index in [-0.39, 0.29) is 12.8 Å². The molecule has 65 heavy (non-hydrogen) atoms. The number of nitrogens with zero attached hydrogens (tertiary/aromatic N) is 2. The highest BCUT2D eigenvalue weighted by atomic mass is 31.3. The summed E-state index contributed by atoms with van der Waals surface area (Å²) in [6.45, 7) is -1.94. The van der Waals surface area contributed by atoms with Gasteiger partial charge in [0.1, 0.15) is 36.6 Å². The molecule has 0 spiro atoms. The van der Waals surface area contributed by atoms with Crippen molar-refractivity contribution in [3.05, 3.63) is 138 Å². The van der Waals surface area contributed by atoms with E-state index in [1.165, 1.54) is 0 Å². The van der Waals surface area contributed by atoms with E-state index in [0.717, 1.165) is 44.8 Å². The molecule has 31 heteroatoms. The van der Waals surface area contributed by atoms with Crippen molar-refractivity contribution in [3.8, 4) is 0 Å². The fourth-order valence-electron chi connectivity index (χ4n) is 7.38. The molecular formula is C34H38N4O23P4. The Hall–Kier alpha value is -3.88. The summed E-state index contributed by atoms with van der Waals surface area (Å²) in [7, 11) is -24.0. The number of benzene rings is 2. The van der Waals surface area contributed by atoms with Gasteiger partial charge in [0.2, 0.25) is 0 Å². The van der Waals surface area contributed by atoms with E-state index < -0.39 is 129 Å². The largest absolute Gasteiger partial charge is 0.490 e. The monoisotopic (exact) mass is 994 g/mol. The number of H-pyrrole nitrogens is 2. The number of phosphoric acid groups is 4. The normalized spacial score (nSPS) is 31.0. The maximum absolute atomic E-state index is 12.9. The topological polar surface area (TPSA) is 360 Å². The lowest BCUT2D eigenvalue weighted by Crippen LogP contribution is -2.36. The second-order valence-corrected chi connectivity index (χ2v) is 20.7. The van der Waals surface area contributed by atoms with Gasteiger partial charge in [0, 0.05) is 37.4 Å². The number of fused-ring (bicyclic) bond motifs is 2. The molecule has 8 rings (SSSR count). The standard InChI is InChI=1S/C34H38N4O23P4/c39-23-11-13-37(33(41)35-23)31-29-27(55-25(57-29)15-19-7-3-1-4-8-19)21(53-31)17-51-62(43,44)59-64(47,48)61-65(49,50)60-63(45,46)52-18-22-28-30(32(54-22)38-14-12-24(40)36-34(38)42)58-26(56-28)16-20-9-5-2-6-10-20/h1-14,21-22,25-32H,15-18H2,(H,43,44)(H,45,46)(H,47,48)(H,49,50)(H,35,39,41)(H,36,40,42)/t21-,22+,25?,26?,27-,28+,29-,30+,31-,32+. The summed E-state index contributed by atoms with van der Waals surface area (Å²) in [6.07, 6.45) is -8.88. The van der Waals surface area contributed by atoms with Crippen LogP contribution in [-0.4, -0.2) is 101 Å². The van der Waals surface area contributed by atoms with Gasteiger partial charge in [-0.15, -0.1) is 0 Å². The van der Waals surface area contributed by atoms with Crippen molar-refractivity contribution in [2.75, 3.05) is 13.2 Å². The Morgan fingerprint density at radius 3 is 1.22 bits per heavy atom. The Kier molecular flexibility index (Phi) is 13.9. The lowest BCUT2D eigenvalue weighted by molar-refractivity contribution is -0.150. The van der Waals surface area contributed by atoms with E-state index in [0.29, 0.717) is 0 Å². The molecule has 27 nitrogen and oxygen atoms in total. The Bertz CT molecular complexity index is 2600. The minimum Gasteiger partial charge on any atom is -0.346 e. The van der Waals surface area contributed by atoms with Crippen LogP contribution in [0.4, 0.5) is 0 Å². The third kappa shape index (κ3) is 11.6. The smallest absolute Gasteiger partial charge is 0.346 e. The highest BCUT2D eigenvalue weighted by Crippen LogP contribution is 2.71. The molecule has 2 aromatic heterocycles. The fourth-order valence-corrected chi connectivity index (χ4v) is 12.3. The molecule has 0 radical (unpaired) electrons. The third-order valence-corrected chi connectivity index (χ3v) is 15.9. The zero-order valence-electron chi connectivity index (χ0n) is 32.9. The van der Waals surface area contributed by atoms with Crippen LogP contribution in [0, 0.1) is 0 Å². The van der Waals surface area contributed by atoms with Crippen LogP contribution in [0.3, 0.4) is 0 Å². The van der Waals surface area contributed by atoms with Gasteiger partial charge in [0.15, 0.2) is 25.0 Å². The molecule has 4 aliphatic rings. The quantitative estimate of drug-likeness (QED) is 0.0759. The molecule has 4 aliphatic heterocycles. The van der Waals surface area contributed by atoms with Crippen LogP contribution in [0.5, 0.6) is 0 Å². The van der Waals surface area contributed by atoms with Gasteiger partial charge in [-0.25, -0.2) is 27.8 Å². The number of hydrogen-bond acceptors (Lipinski definition) is 19. The van der Waals surface area contributed by atoms with Crippen LogP contribution in [0.25, 0.3) is 0 Å². The first-order chi connectivity index (χ1) is 30.7. The number of aromatic amines is 2. The van der Waals surface area contributed by atoms with Gasteiger partial charge < -0.3 is 48.0 Å². The highest BCUT2D eigenvalue weighted by Gasteiger charge is 2.56. The van der Waals surface area contributed by atoms with Crippen molar-refractivity contribution in [2.45, 2.75) is 74.5 Å². The van der Waals surface area contributed by atoms with E-state index in [2.05, 4.69) is 22.9 Å². The average molecular weight is 995 g/mol. The van der Waals surface area contributed by atoms with Gasteiger partial charge in [0.25, 0.3) is 11.1 Å². The van der Waals surface area contributed by atoms with Crippen molar-refractivity contribution in [1.82, 2.24) is 19.1 Å². The summed E-state index contributed by atoms with van der Waals surface area (Å²) in [5.74, 6) is 0. The fraction of sp³-hybridized carbons (Fsp3) is 0.412. The van der Waals surface area contributed by atoms with Crippen molar-refractivity contribution >= 4 is 31.3 Å². The lowest BCUT2D eigenvalue weighted by Gasteiger charge is -2.23. The predicted molar refractivity (Wildman–Crippen MR) is 212 cm³/mol. The summed E-state index contributed by atoms with van der Waals surface area (Å²) in [4.78, 5) is 93.9. The predicted octanol–water partition coefficient (Wildman–Crippen LogP) is 1.07. The number of hydrogen-bond donors (Lipinski definition) is 6. The van der Waals surface area contributed by atoms with Crippen molar-refractivity contribution in [2.24, 2.45) is 0 Å². The number of phosphoric ester groups is 2. The van der Waals surface area contributed by atoms with Crippen LogP contribution in [0.2, 0.25) is 0 Å². The van der Waals surface area contributed by atoms with Gasteiger partial charge in [0.05, 0.1) is 13.2 Å². The molecule has 4 aromatic rings. The van der Waals surface area contributed by atoms with Crippen molar-refractivity contribution < 1.29 is 88.2 Å². The van der Waals surface area contributed by atoms with Crippen LogP contribution in [-0.2, 0) is 81.5 Å². The molecule has 6 unspecified atom stereocenters. The summed E-state index contributed by atoms with van der Waals surface area (Å²) in [6, 6.07) is 19.9. The molecule has 6 N–H and O–H groups in total.